The summed E-state index contributed by atoms with van der Waals surface area (Å²) >= 11 is 4.18. The van der Waals surface area contributed by atoms with Crippen molar-refractivity contribution >= 4 is 18.5 Å². The zero-order valence-electron chi connectivity index (χ0n) is 9.20. The summed E-state index contributed by atoms with van der Waals surface area (Å²) in [6, 6.07) is 0. The molecule has 0 saturated carbocycles. The lowest BCUT2D eigenvalue weighted by Crippen LogP contribution is -2.32. The number of likely N-dealkylation sites (tertiary alicyclic amines) is 1. The first-order valence-corrected chi connectivity index (χ1v) is 6.17. The minimum Gasteiger partial charge on any atom is -0.342 e. The SMILES string of the molecule is CC(C)C1CCC(=O)N(CCS)CC1. The summed E-state index contributed by atoms with van der Waals surface area (Å²) in [6.07, 6.45) is 2.97. The standard InChI is InChI=1S/C11H21NOS/c1-9(2)10-3-4-11(13)12(6-5-10)7-8-14/h9-10,14H,3-8H2,1-2H3. The van der Waals surface area contributed by atoms with Crippen molar-refractivity contribution in [1.82, 2.24) is 4.90 Å². The molecule has 1 saturated heterocycles. The quantitative estimate of drug-likeness (QED) is 0.716. The van der Waals surface area contributed by atoms with E-state index in [4.69, 9.17) is 0 Å². The molecule has 0 bridgehead atoms. The number of hydrogen-bond acceptors (Lipinski definition) is 2. The molecule has 1 heterocycles. The fourth-order valence-corrected chi connectivity index (χ4v) is 2.32. The monoisotopic (exact) mass is 215 g/mol. The zero-order chi connectivity index (χ0) is 10.6. The van der Waals surface area contributed by atoms with Crippen LogP contribution in [0.1, 0.15) is 33.1 Å². The van der Waals surface area contributed by atoms with Gasteiger partial charge in [-0.3, -0.25) is 4.79 Å². The molecule has 0 aromatic carbocycles. The molecule has 0 aliphatic carbocycles. The van der Waals surface area contributed by atoms with Crippen LogP contribution in [0.3, 0.4) is 0 Å². The van der Waals surface area contributed by atoms with Crippen LogP contribution in [0, 0.1) is 11.8 Å². The van der Waals surface area contributed by atoms with Gasteiger partial charge >= 0.3 is 0 Å². The van der Waals surface area contributed by atoms with E-state index in [1.54, 1.807) is 0 Å². The molecule has 1 unspecified atom stereocenters. The van der Waals surface area contributed by atoms with Gasteiger partial charge in [-0.05, 0) is 24.7 Å². The van der Waals surface area contributed by atoms with Crippen molar-refractivity contribution in [2.24, 2.45) is 11.8 Å². The summed E-state index contributed by atoms with van der Waals surface area (Å²) in [6.45, 7) is 6.25. The van der Waals surface area contributed by atoms with Gasteiger partial charge in [0.25, 0.3) is 0 Å². The van der Waals surface area contributed by atoms with E-state index in [-0.39, 0.29) is 0 Å². The first-order valence-electron chi connectivity index (χ1n) is 5.53. The molecule has 1 aliphatic rings. The second-order valence-electron chi connectivity index (χ2n) is 4.44. The smallest absolute Gasteiger partial charge is 0.222 e. The van der Waals surface area contributed by atoms with Crippen LogP contribution < -0.4 is 0 Å². The summed E-state index contributed by atoms with van der Waals surface area (Å²) in [5.41, 5.74) is 0. The van der Waals surface area contributed by atoms with E-state index < -0.39 is 0 Å². The van der Waals surface area contributed by atoms with Crippen LogP contribution in [0.2, 0.25) is 0 Å². The van der Waals surface area contributed by atoms with Crippen LogP contribution in [0.5, 0.6) is 0 Å². The van der Waals surface area contributed by atoms with Crippen molar-refractivity contribution in [3.63, 3.8) is 0 Å². The Morgan fingerprint density at radius 1 is 1.50 bits per heavy atom. The number of carbonyl (C=O) groups is 1. The predicted molar refractivity (Wildman–Crippen MR) is 62.6 cm³/mol. The summed E-state index contributed by atoms with van der Waals surface area (Å²) in [4.78, 5) is 13.6. The van der Waals surface area contributed by atoms with Gasteiger partial charge in [-0.25, -0.2) is 0 Å². The molecule has 1 fully saturated rings. The second-order valence-corrected chi connectivity index (χ2v) is 4.88. The van der Waals surface area contributed by atoms with Crippen molar-refractivity contribution in [3.8, 4) is 0 Å². The van der Waals surface area contributed by atoms with Gasteiger partial charge in [-0.2, -0.15) is 12.6 Å². The maximum atomic E-state index is 11.7. The number of carbonyl (C=O) groups excluding carboxylic acids is 1. The highest BCUT2D eigenvalue weighted by Crippen LogP contribution is 2.24. The van der Waals surface area contributed by atoms with Crippen molar-refractivity contribution in [2.45, 2.75) is 33.1 Å². The summed E-state index contributed by atoms with van der Waals surface area (Å²) in [5.74, 6) is 2.53. The normalized spacial score (nSPS) is 24.1. The molecule has 1 amide bonds. The van der Waals surface area contributed by atoms with Crippen LogP contribution in [0.25, 0.3) is 0 Å². The molecule has 0 spiro atoms. The Kier molecular flexibility index (Phi) is 4.79. The van der Waals surface area contributed by atoms with E-state index in [9.17, 15) is 4.79 Å². The van der Waals surface area contributed by atoms with Crippen LogP contribution in [-0.2, 0) is 4.79 Å². The molecule has 3 heteroatoms. The third-order valence-electron chi connectivity index (χ3n) is 3.16. The minimum absolute atomic E-state index is 0.321. The summed E-state index contributed by atoms with van der Waals surface area (Å²) in [7, 11) is 0. The number of rotatable bonds is 3. The average molecular weight is 215 g/mol. The third kappa shape index (κ3) is 3.19. The first kappa shape index (κ1) is 11.9. The molecule has 0 aromatic rings. The molecule has 0 radical (unpaired) electrons. The van der Waals surface area contributed by atoms with Crippen LogP contribution in [0.4, 0.5) is 0 Å². The predicted octanol–water partition coefficient (Wildman–Crippen LogP) is 2.20. The van der Waals surface area contributed by atoms with Gasteiger partial charge in [0.1, 0.15) is 0 Å². The second kappa shape index (κ2) is 5.64. The van der Waals surface area contributed by atoms with Gasteiger partial charge in [0.05, 0.1) is 0 Å². The van der Waals surface area contributed by atoms with Crippen molar-refractivity contribution in [3.05, 3.63) is 0 Å². The number of hydrogen-bond donors (Lipinski definition) is 1. The molecular weight excluding hydrogens is 194 g/mol. The fraction of sp³-hybridized carbons (Fsp3) is 0.909. The Morgan fingerprint density at radius 2 is 2.21 bits per heavy atom. The van der Waals surface area contributed by atoms with Crippen molar-refractivity contribution in [1.29, 1.82) is 0 Å². The molecule has 0 N–H and O–H groups in total. The Bertz CT molecular complexity index is 194. The summed E-state index contributed by atoms with van der Waals surface area (Å²) in [5, 5.41) is 0. The zero-order valence-corrected chi connectivity index (χ0v) is 10.1. The Morgan fingerprint density at radius 3 is 2.79 bits per heavy atom. The van der Waals surface area contributed by atoms with Crippen LogP contribution in [-0.4, -0.2) is 29.6 Å². The lowest BCUT2D eigenvalue weighted by atomic mass is 9.89. The van der Waals surface area contributed by atoms with Crippen LogP contribution in [0.15, 0.2) is 0 Å². The van der Waals surface area contributed by atoms with E-state index in [1.165, 1.54) is 0 Å². The number of nitrogens with zero attached hydrogens (tertiary/aromatic N) is 1. The first-order chi connectivity index (χ1) is 6.65. The molecule has 2 nitrogen and oxygen atoms in total. The molecule has 14 heavy (non-hydrogen) atoms. The Hall–Kier alpha value is -0.180. The molecule has 82 valence electrons. The van der Waals surface area contributed by atoms with Gasteiger partial charge in [-0.1, -0.05) is 13.8 Å². The van der Waals surface area contributed by atoms with Crippen LogP contribution >= 0.6 is 12.6 Å². The van der Waals surface area contributed by atoms with E-state index in [1.807, 2.05) is 4.90 Å². The molecule has 1 rings (SSSR count). The van der Waals surface area contributed by atoms with Gasteiger partial charge in [0.15, 0.2) is 0 Å². The molecule has 1 aliphatic heterocycles. The van der Waals surface area contributed by atoms with E-state index >= 15 is 0 Å². The lowest BCUT2D eigenvalue weighted by molar-refractivity contribution is -0.130. The van der Waals surface area contributed by atoms with Gasteiger partial charge in [-0.15, -0.1) is 0 Å². The van der Waals surface area contributed by atoms with E-state index in [2.05, 4.69) is 26.5 Å². The van der Waals surface area contributed by atoms with Crippen molar-refractivity contribution < 1.29 is 4.79 Å². The maximum Gasteiger partial charge on any atom is 0.222 e. The van der Waals surface area contributed by atoms with Gasteiger partial charge in [0, 0.05) is 25.3 Å². The fourth-order valence-electron chi connectivity index (χ4n) is 2.08. The molecular formula is C11H21NOS. The van der Waals surface area contributed by atoms with Gasteiger partial charge < -0.3 is 4.90 Å². The maximum absolute atomic E-state index is 11.7. The Labute approximate surface area is 92.5 Å². The highest BCUT2D eigenvalue weighted by atomic mass is 32.1. The Balaban J connectivity index is 2.49. The van der Waals surface area contributed by atoms with Gasteiger partial charge in [0.2, 0.25) is 5.91 Å². The van der Waals surface area contributed by atoms with Crippen molar-refractivity contribution in [2.75, 3.05) is 18.8 Å². The number of amides is 1. The highest BCUT2D eigenvalue weighted by Gasteiger charge is 2.23. The van der Waals surface area contributed by atoms with E-state index in [0.29, 0.717) is 11.8 Å². The minimum atomic E-state index is 0.321. The lowest BCUT2D eigenvalue weighted by Gasteiger charge is -2.20. The largest absolute Gasteiger partial charge is 0.342 e. The number of thiol groups is 1. The highest BCUT2D eigenvalue weighted by molar-refractivity contribution is 7.80. The topological polar surface area (TPSA) is 20.3 Å². The third-order valence-corrected chi connectivity index (χ3v) is 3.36. The molecule has 0 aromatic heterocycles. The average Bonchev–Trinajstić information content (AvgIpc) is 2.30. The van der Waals surface area contributed by atoms with E-state index in [0.717, 1.165) is 44.0 Å². The molecule has 1 atom stereocenters. The summed E-state index contributed by atoms with van der Waals surface area (Å²) < 4.78 is 0.